The number of nitrogens with zero attached hydrogens (tertiary/aromatic N) is 2. The number of hydrogen-bond acceptors (Lipinski definition) is 5. The normalized spacial score (nSPS) is 14.8. The maximum Gasteiger partial charge on any atom is 0.251 e. The first-order valence-electron chi connectivity index (χ1n) is 11.8. The highest BCUT2D eigenvalue weighted by atomic mass is 32.1. The molecule has 0 bridgehead atoms. The average molecular weight is 494 g/mol. The third-order valence-corrected chi connectivity index (χ3v) is 7.20. The lowest BCUT2D eigenvalue weighted by atomic mass is 9.69. The lowest BCUT2D eigenvalue weighted by Crippen LogP contribution is -2.43. The first-order valence-corrected chi connectivity index (χ1v) is 12.8. The molecule has 2 aromatic heterocycles. The van der Waals surface area contributed by atoms with Crippen molar-refractivity contribution in [1.29, 1.82) is 0 Å². The summed E-state index contributed by atoms with van der Waals surface area (Å²) in [5.41, 5.74) is 11.8. The molecule has 2 unspecified atom stereocenters. The van der Waals surface area contributed by atoms with Gasteiger partial charge in [-0.1, -0.05) is 66.1 Å². The van der Waals surface area contributed by atoms with Crippen molar-refractivity contribution in [3.05, 3.63) is 122 Å². The van der Waals surface area contributed by atoms with E-state index in [1.807, 2.05) is 91.1 Å². The summed E-state index contributed by atoms with van der Waals surface area (Å²) in [6, 6.07) is 19.5. The van der Waals surface area contributed by atoms with E-state index in [0.29, 0.717) is 24.1 Å². The van der Waals surface area contributed by atoms with Gasteiger partial charge in [-0.25, -0.2) is 4.98 Å². The minimum Gasteiger partial charge on any atom is -0.383 e. The van der Waals surface area contributed by atoms with E-state index >= 15 is 0 Å². The summed E-state index contributed by atoms with van der Waals surface area (Å²) in [5.74, 6) is -0.656. The maximum absolute atomic E-state index is 13.4. The van der Waals surface area contributed by atoms with Crippen LogP contribution in [0.5, 0.6) is 0 Å². The van der Waals surface area contributed by atoms with Gasteiger partial charge in [-0.2, -0.15) is 0 Å². The number of aliphatic hydroxyl groups is 1. The van der Waals surface area contributed by atoms with Crippen molar-refractivity contribution >= 4 is 23.0 Å². The van der Waals surface area contributed by atoms with Crippen molar-refractivity contribution in [1.82, 2.24) is 14.9 Å². The van der Waals surface area contributed by atoms with Crippen molar-refractivity contribution in [3.63, 3.8) is 0 Å². The summed E-state index contributed by atoms with van der Waals surface area (Å²) >= 11 is 1.50. The number of rotatable bonds is 8. The Morgan fingerprint density at radius 2 is 1.92 bits per heavy atom. The van der Waals surface area contributed by atoms with Crippen LogP contribution in [0.1, 0.15) is 34.6 Å². The number of hydrogen-bond donors (Lipinski definition) is 2. The molecule has 1 aliphatic rings. The van der Waals surface area contributed by atoms with E-state index < -0.39 is 11.5 Å². The highest BCUT2D eigenvalue weighted by molar-refractivity contribution is 7.07. The Hall–Kier alpha value is -3.76. The number of H-pyrrole nitrogens is 1. The summed E-state index contributed by atoms with van der Waals surface area (Å²) in [6.45, 7) is 0.612. The standard InChI is InChI=1S/C30H27N3O2S/c1-33(2)16-15-30(35,26-14-8-12-21-9-6-7-13-24(21)26)28(22-10-4-3-5-11-22)25-17-23(18-31-29(25)34)27-19-36-20-32-27/h3-7,9-13,17-20,28,35H,15-16H2,1-2H3,(H,31,34). The van der Waals surface area contributed by atoms with Crippen molar-refractivity contribution in [2.24, 2.45) is 0 Å². The average Bonchev–Trinajstić information content (AvgIpc) is 3.44. The fourth-order valence-electron chi connectivity index (χ4n) is 4.83. The summed E-state index contributed by atoms with van der Waals surface area (Å²) in [4.78, 5) is 22.8. The Kier molecular flexibility index (Phi) is 6.71. The van der Waals surface area contributed by atoms with Crippen molar-refractivity contribution in [3.8, 4) is 11.3 Å². The fourth-order valence-corrected chi connectivity index (χ4v) is 5.39. The number of aromatic amines is 1. The molecule has 2 N–H and O–H groups in total. The quantitative estimate of drug-likeness (QED) is 0.332. The van der Waals surface area contributed by atoms with Crippen LogP contribution in [-0.4, -0.2) is 46.2 Å². The van der Waals surface area contributed by atoms with Gasteiger partial charge in [-0.05, 0) is 49.3 Å². The second kappa shape index (κ2) is 10.1. The summed E-state index contributed by atoms with van der Waals surface area (Å²) in [7, 11) is 3.96. The maximum atomic E-state index is 13.4. The molecule has 0 saturated carbocycles. The molecule has 5 nitrogen and oxygen atoms in total. The van der Waals surface area contributed by atoms with Gasteiger partial charge < -0.3 is 15.0 Å². The zero-order valence-electron chi connectivity index (χ0n) is 20.2. The van der Waals surface area contributed by atoms with Gasteiger partial charge in [0.1, 0.15) is 5.60 Å². The molecule has 180 valence electrons. The molecule has 0 saturated heterocycles. The van der Waals surface area contributed by atoms with Crippen molar-refractivity contribution in [2.45, 2.75) is 17.9 Å². The second-order valence-electron chi connectivity index (χ2n) is 9.24. The molecule has 36 heavy (non-hydrogen) atoms. The van der Waals surface area contributed by atoms with Gasteiger partial charge in [-0.3, -0.25) is 4.79 Å². The van der Waals surface area contributed by atoms with Crippen LogP contribution >= 0.6 is 11.3 Å². The van der Waals surface area contributed by atoms with E-state index in [2.05, 4.69) is 21.4 Å². The van der Waals surface area contributed by atoms with Gasteiger partial charge in [0.2, 0.25) is 0 Å². The summed E-state index contributed by atoms with van der Waals surface area (Å²) < 4.78 is 0. The molecule has 0 spiro atoms. The monoisotopic (exact) mass is 493 g/mol. The predicted octanol–water partition coefficient (Wildman–Crippen LogP) is 5.18. The van der Waals surface area contributed by atoms with Crippen LogP contribution in [-0.2, 0) is 0 Å². The smallest absolute Gasteiger partial charge is 0.251 e. The number of pyridine rings is 1. The van der Waals surface area contributed by atoms with Gasteiger partial charge in [0.25, 0.3) is 5.56 Å². The Morgan fingerprint density at radius 1 is 1.14 bits per heavy atom. The first kappa shape index (κ1) is 24.0. The molecule has 2 heterocycles. The number of fused-ring (bicyclic) bond motifs is 1. The number of nitrogens with one attached hydrogen (secondary N) is 1. The number of aromatic nitrogens is 2. The summed E-state index contributed by atoms with van der Waals surface area (Å²) in [5, 5.41) is 14.7. The Bertz CT molecular complexity index is 1530. The van der Waals surface area contributed by atoms with Gasteiger partial charge >= 0.3 is 0 Å². The second-order valence-corrected chi connectivity index (χ2v) is 9.96. The molecular formula is C30H27N3O2S. The van der Waals surface area contributed by atoms with Crippen LogP contribution in [0.2, 0.25) is 0 Å². The molecule has 0 amide bonds. The Morgan fingerprint density at radius 3 is 2.67 bits per heavy atom. The van der Waals surface area contributed by atoms with Crippen molar-refractivity contribution in [2.75, 3.05) is 20.6 Å². The zero-order valence-corrected chi connectivity index (χ0v) is 21.0. The molecule has 0 radical (unpaired) electrons. The van der Waals surface area contributed by atoms with E-state index in [1.165, 1.54) is 11.3 Å². The SMILES string of the molecule is CN(C)CCC(O)(C1=C=C=Cc2ccccc21)C(c1ccccc1)c1cc(-c2cscn2)c[nH]c1=O. The predicted molar refractivity (Wildman–Crippen MR) is 146 cm³/mol. The number of benzene rings is 2. The van der Waals surface area contributed by atoms with Crippen LogP contribution in [0.25, 0.3) is 22.9 Å². The zero-order chi connectivity index (χ0) is 25.1. The third-order valence-electron chi connectivity index (χ3n) is 6.61. The Labute approximate surface area is 214 Å². The van der Waals surface area contributed by atoms with Gasteiger partial charge in [-0.15, -0.1) is 11.3 Å². The largest absolute Gasteiger partial charge is 0.383 e. The Balaban J connectivity index is 1.78. The molecule has 2 aromatic carbocycles. The molecule has 2 atom stereocenters. The van der Waals surface area contributed by atoms with Crippen molar-refractivity contribution < 1.29 is 5.11 Å². The van der Waals surface area contributed by atoms with Crippen LogP contribution < -0.4 is 5.56 Å². The van der Waals surface area contributed by atoms with Crippen LogP contribution in [0.4, 0.5) is 0 Å². The molecule has 1 aliphatic carbocycles. The van der Waals surface area contributed by atoms with E-state index in [9.17, 15) is 9.90 Å². The van der Waals surface area contributed by atoms with Crippen LogP contribution in [0.3, 0.4) is 0 Å². The van der Waals surface area contributed by atoms with E-state index in [0.717, 1.165) is 27.9 Å². The van der Waals surface area contributed by atoms with Gasteiger partial charge in [0.05, 0.1) is 11.2 Å². The first-order chi connectivity index (χ1) is 17.5. The van der Waals surface area contributed by atoms with Gasteiger partial charge in [0.15, 0.2) is 0 Å². The lowest BCUT2D eigenvalue weighted by Gasteiger charge is -2.39. The molecular weight excluding hydrogens is 466 g/mol. The summed E-state index contributed by atoms with van der Waals surface area (Å²) in [6.07, 6.45) is 3.94. The minimum atomic E-state index is -1.45. The topological polar surface area (TPSA) is 69.2 Å². The lowest BCUT2D eigenvalue weighted by molar-refractivity contribution is 0.0665. The van der Waals surface area contributed by atoms with Gasteiger partial charge in [0, 0.05) is 40.7 Å². The van der Waals surface area contributed by atoms with Crippen LogP contribution in [0, 0.1) is 0 Å². The molecule has 0 aliphatic heterocycles. The van der Waals surface area contributed by atoms with E-state index in [1.54, 1.807) is 11.7 Å². The molecule has 6 heteroatoms. The molecule has 5 rings (SSSR count). The van der Waals surface area contributed by atoms with E-state index in [-0.39, 0.29) is 5.56 Å². The van der Waals surface area contributed by atoms with E-state index in [4.69, 9.17) is 0 Å². The molecule has 4 aromatic rings. The molecule has 0 fully saturated rings. The third kappa shape index (κ3) is 4.57. The minimum absolute atomic E-state index is 0.240. The highest BCUT2D eigenvalue weighted by Gasteiger charge is 2.44. The fraction of sp³-hybridized carbons (Fsp3) is 0.200. The van der Waals surface area contributed by atoms with Crippen LogP contribution in [0.15, 0.2) is 94.0 Å². The highest BCUT2D eigenvalue weighted by Crippen LogP contribution is 2.46. The number of thiazole rings is 1.